The first-order valence-corrected chi connectivity index (χ1v) is 10.3. The highest BCUT2D eigenvalue weighted by Crippen LogP contribution is 2.23. The second-order valence-corrected chi connectivity index (χ2v) is 6.51. The smallest absolute Gasteiger partial charge is 0.220 e. The minimum Gasteiger partial charge on any atom is -0.380 e. The zero-order valence-electron chi connectivity index (χ0n) is 15.7. The summed E-state index contributed by atoms with van der Waals surface area (Å²) in [5, 5.41) is 12.2. The van der Waals surface area contributed by atoms with Crippen LogP contribution in [0.15, 0.2) is 11.4 Å². The van der Waals surface area contributed by atoms with Gasteiger partial charge in [0.25, 0.3) is 0 Å². The van der Waals surface area contributed by atoms with E-state index >= 15 is 0 Å². The molecule has 0 saturated heterocycles. The molecule has 26 heavy (non-hydrogen) atoms. The van der Waals surface area contributed by atoms with E-state index in [-0.39, 0.29) is 5.91 Å². The average Bonchev–Trinajstić information content (AvgIpc) is 3.06. The van der Waals surface area contributed by atoms with Crippen molar-refractivity contribution < 1.29 is 9.53 Å². The third-order valence-corrected chi connectivity index (χ3v) is 4.35. The average molecular weight is 381 g/mol. The topological polar surface area (TPSA) is 94.0 Å². The summed E-state index contributed by atoms with van der Waals surface area (Å²) in [5.74, 6) is 0.846. The molecular weight excluding hydrogens is 352 g/mol. The highest BCUT2D eigenvalue weighted by molar-refractivity contribution is 7.98. The zero-order valence-corrected chi connectivity index (χ0v) is 16.6. The van der Waals surface area contributed by atoms with Gasteiger partial charge < -0.3 is 15.4 Å². The van der Waals surface area contributed by atoms with Gasteiger partial charge in [-0.2, -0.15) is 5.10 Å². The van der Waals surface area contributed by atoms with Crippen LogP contribution in [0, 0.1) is 0 Å². The highest BCUT2D eigenvalue weighted by Gasteiger charge is 2.12. The molecule has 2 aromatic rings. The fraction of sp³-hybridized carbons (Fsp3) is 0.647. The molecule has 8 nitrogen and oxygen atoms in total. The van der Waals surface area contributed by atoms with E-state index in [0.717, 1.165) is 29.7 Å². The summed E-state index contributed by atoms with van der Waals surface area (Å²) < 4.78 is 7.17. The Hall–Kier alpha value is -1.87. The van der Waals surface area contributed by atoms with Crippen molar-refractivity contribution in [2.75, 3.05) is 37.9 Å². The maximum Gasteiger partial charge on any atom is 0.220 e. The molecule has 0 unspecified atom stereocenters. The molecule has 0 aromatic carbocycles. The molecule has 0 aliphatic rings. The highest BCUT2D eigenvalue weighted by atomic mass is 32.2. The minimum atomic E-state index is 0.0843. The molecule has 0 aliphatic heterocycles. The van der Waals surface area contributed by atoms with Gasteiger partial charge in [0, 0.05) is 26.1 Å². The van der Waals surface area contributed by atoms with Gasteiger partial charge in [0.15, 0.2) is 10.8 Å². The van der Waals surface area contributed by atoms with Crippen molar-refractivity contribution in [2.45, 2.75) is 44.8 Å². The Morgan fingerprint density at radius 2 is 2.15 bits per heavy atom. The van der Waals surface area contributed by atoms with Crippen molar-refractivity contribution in [1.82, 2.24) is 25.1 Å². The van der Waals surface area contributed by atoms with Gasteiger partial charge in [-0.15, -0.1) is 0 Å². The van der Waals surface area contributed by atoms with Crippen LogP contribution in [0.2, 0.25) is 0 Å². The number of aromatic nitrogens is 4. The first kappa shape index (κ1) is 20.4. The van der Waals surface area contributed by atoms with Crippen molar-refractivity contribution in [3.8, 4) is 0 Å². The van der Waals surface area contributed by atoms with Gasteiger partial charge in [0.2, 0.25) is 5.91 Å². The number of unbranched alkanes of at least 4 members (excludes halogenated alkanes) is 1. The number of nitrogens with one attached hydrogen (secondary N) is 2. The molecule has 9 heteroatoms. The Bertz CT molecular complexity index is 706. The lowest BCUT2D eigenvalue weighted by molar-refractivity contribution is -0.121. The van der Waals surface area contributed by atoms with Gasteiger partial charge >= 0.3 is 0 Å². The van der Waals surface area contributed by atoms with Gasteiger partial charge in [-0.3, -0.25) is 4.79 Å². The largest absolute Gasteiger partial charge is 0.380 e. The molecular formula is C17H28N6O2S. The summed E-state index contributed by atoms with van der Waals surface area (Å²) in [7, 11) is 0. The van der Waals surface area contributed by atoms with Crippen molar-refractivity contribution in [3.05, 3.63) is 6.20 Å². The lowest BCUT2D eigenvalue weighted by Crippen LogP contribution is -2.27. The van der Waals surface area contributed by atoms with E-state index < -0.39 is 0 Å². The van der Waals surface area contributed by atoms with Crippen LogP contribution >= 0.6 is 11.8 Å². The summed E-state index contributed by atoms with van der Waals surface area (Å²) in [4.78, 5) is 20.8. The Balaban J connectivity index is 2.05. The fourth-order valence-electron chi connectivity index (χ4n) is 2.44. The van der Waals surface area contributed by atoms with Crippen LogP contribution in [0.5, 0.6) is 0 Å². The van der Waals surface area contributed by atoms with E-state index in [4.69, 9.17) is 4.74 Å². The van der Waals surface area contributed by atoms with Crippen molar-refractivity contribution in [3.63, 3.8) is 0 Å². The maximum absolute atomic E-state index is 11.7. The van der Waals surface area contributed by atoms with Crippen molar-refractivity contribution >= 4 is 34.5 Å². The molecule has 2 heterocycles. The zero-order chi connectivity index (χ0) is 18.8. The standard InChI is InChI=1S/C17H28N6O2S/c1-4-6-7-14(24)18-8-10-23-16-13(12-20-23)15(19-9-11-25-5-2)21-17(22-16)26-3/h12H,4-11H2,1-3H3,(H,18,24)(H,19,21,22). The first-order chi connectivity index (χ1) is 12.7. The molecule has 0 saturated carbocycles. The number of hydrogen-bond donors (Lipinski definition) is 2. The maximum atomic E-state index is 11.7. The van der Waals surface area contributed by atoms with Gasteiger partial charge in [0.05, 0.1) is 24.7 Å². The van der Waals surface area contributed by atoms with Gasteiger partial charge in [-0.25, -0.2) is 14.6 Å². The molecule has 144 valence electrons. The molecule has 0 radical (unpaired) electrons. The third kappa shape index (κ3) is 5.84. The van der Waals surface area contributed by atoms with E-state index in [2.05, 4.69) is 32.6 Å². The molecule has 0 spiro atoms. The van der Waals surface area contributed by atoms with Crippen molar-refractivity contribution in [2.24, 2.45) is 0 Å². The molecule has 0 atom stereocenters. The second-order valence-electron chi connectivity index (χ2n) is 5.74. The van der Waals surface area contributed by atoms with Crippen LogP contribution in [0.1, 0.15) is 33.1 Å². The molecule has 2 N–H and O–H groups in total. The Morgan fingerprint density at radius 3 is 2.88 bits per heavy atom. The van der Waals surface area contributed by atoms with E-state index in [9.17, 15) is 4.79 Å². The number of rotatable bonds is 12. The van der Waals surface area contributed by atoms with Crippen LogP contribution < -0.4 is 10.6 Å². The first-order valence-electron chi connectivity index (χ1n) is 9.05. The molecule has 0 bridgehead atoms. The van der Waals surface area contributed by atoms with Crippen LogP contribution in [0.4, 0.5) is 5.82 Å². The Labute approximate surface area is 158 Å². The number of carbonyl (C=O) groups excluding carboxylic acids is 1. The predicted molar refractivity (Wildman–Crippen MR) is 105 cm³/mol. The van der Waals surface area contributed by atoms with Crippen LogP contribution in [0.3, 0.4) is 0 Å². The normalized spacial score (nSPS) is 11.0. The molecule has 0 fully saturated rings. The fourth-order valence-corrected chi connectivity index (χ4v) is 2.80. The Morgan fingerprint density at radius 1 is 1.31 bits per heavy atom. The minimum absolute atomic E-state index is 0.0843. The molecule has 0 aliphatic carbocycles. The van der Waals surface area contributed by atoms with E-state index in [1.54, 1.807) is 6.20 Å². The molecule has 2 aromatic heterocycles. The lowest BCUT2D eigenvalue weighted by atomic mass is 10.2. The number of fused-ring (bicyclic) bond motifs is 1. The lowest BCUT2D eigenvalue weighted by Gasteiger charge is -2.09. The number of carbonyl (C=O) groups is 1. The van der Waals surface area contributed by atoms with Gasteiger partial charge in [-0.05, 0) is 19.6 Å². The Kier molecular flexibility index (Phi) is 8.63. The summed E-state index contributed by atoms with van der Waals surface area (Å²) in [6.45, 7) is 7.14. The van der Waals surface area contributed by atoms with Crippen LogP contribution in [-0.2, 0) is 16.1 Å². The summed E-state index contributed by atoms with van der Waals surface area (Å²) in [5.41, 5.74) is 0.770. The number of nitrogens with zero attached hydrogens (tertiary/aromatic N) is 4. The van der Waals surface area contributed by atoms with Crippen LogP contribution in [0.25, 0.3) is 11.0 Å². The third-order valence-electron chi connectivity index (χ3n) is 3.80. The van der Waals surface area contributed by atoms with Gasteiger partial charge in [0.1, 0.15) is 5.82 Å². The number of amides is 1. The van der Waals surface area contributed by atoms with Gasteiger partial charge in [-0.1, -0.05) is 25.1 Å². The number of thioether (sulfide) groups is 1. The molecule has 1 amide bonds. The number of hydrogen-bond acceptors (Lipinski definition) is 7. The van der Waals surface area contributed by atoms with Crippen molar-refractivity contribution in [1.29, 1.82) is 0 Å². The summed E-state index contributed by atoms with van der Waals surface area (Å²) in [6, 6.07) is 0. The quantitative estimate of drug-likeness (QED) is 0.331. The van der Waals surface area contributed by atoms with E-state index in [1.807, 2.05) is 17.9 Å². The van der Waals surface area contributed by atoms with Crippen LogP contribution in [-0.4, -0.2) is 58.2 Å². The molecule has 2 rings (SSSR count). The van der Waals surface area contributed by atoms with E-state index in [1.165, 1.54) is 11.8 Å². The summed E-state index contributed by atoms with van der Waals surface area (Å²) >= 11 is 1.49. The number of anilines is 1. The predicted octanol–water partition coefficient (Wildman–Crippen LogP) is 2.30. The monoisotopic (exact) mass is 380 g/mol. The SMILES string of the molecule is CCCCC(=O)NCCn1ncc2c(NCCOCC)nc(SC)nc21. The number of ether oxygens (including phenoxy) is 1. The summed E-state index contributed by atoms with van der Waals surface area (Å²) in [6.07, 6.45) is 6.21. The second kappa shape index (κ2) is 11.0. The van der Waals surface area contributed by atoms with E-state index in [0.29, 0.717) is 44.4 Å².